The highest BCUT2D eigenvalue weighted by Crippen LogP contribution is 2.28. The van der Waals surface area contributed by atoms with E-state index < -0.39 is 11.9 Å². The highest BCUT2D eigenvalue weighted by molar-refractivity contribution is 6.10. The summed E-state index contributed by atoms with van der Waals surface area (Å²) in [7, 11) is 0. The largest absolute Gasteiger partial charge is 0.462 e. The molecule has 0 aliphatic carbocycles. The molecule has 8 nitrogen and oxygen atoms in total. The molecule has 1 amide bonds. The van der Waals surface area contributed by atoms with Gasteiger partial charge in [0.15, 0.2) is 11.2 Å². The van der Waals surface area contributed by atoms with Gasteiger partial charge in [0.2, 0.25) is 11.8 Å². The zero-order valence-corrected chi connectivity index (χ0v) is 16.0. The number of Topliss-reactive ketones (excluding diaryl/α,β-unsaturated/α-hetero) is 1. The number of ketones is 1. The number of hydrogen-bond acceptors (Lipinski definition) is 6. The summed E-state index contributed by atoms with van der Waals surface area (Å²) >= 11 is 0. The Bertz CT molecular complexity index is 941. The van der Waals surface area contributed by atoms with Crippen LogP contribution in [0.4, 0.5) is 5.88 Å². The molecular weight excluding hydrogens is 352 g/mol. The lowest BCUT2D eigenvalue weighted by Gasteiger charge is -2.13. The number of nitrogens with one attached hydrogen (secondary N) is 1. The molecule has 0 fully saturated rings. The summed E-state index contributed by atoms with van der Waals surface area (Å²) in [6.45, 7) is 7.94. The van der Waals surface area contributed by atoms with Gasteiger partial charge in [0.1, 0.15) is 17.9 Å². The van der Waals surface area contributed by atoms with Gasteiger partial charge in [-0.25, -0.2) is 4.79 Å². The molecule has 0 unspecified atom stereocenters. The van der Waals surface area contributed by atoms with Gasteiger partial charge in [-0.05, 0) is 34.6 Å². The highest BCUT2D eigenvalue weighted by atomic mass is 16.5. The molecule has 0 aliphatic heterocycles. The van der Waals surface area contributed by atoms with Crippen molar-refractivity contribution in [3.8, 4) is 0 Å². The Labute approximate surface area is 156 Å². The van der Waals surface area contributed by atoms with E-state index in [1.54, 1.807) is 25.3 Å². The number of anilines is 1. The Morgan fingerprint density at radius 1 is 1.11 bits per heavy atom. The van der Waals surface area contributed by atoms with Crippen molar-refractivity contribution in [2.75, 3.05) is 11.9 Å². The standard InChI is InChI=1S/C19H22N2O6/c1-6-26-19(25)17-16(12(4)22)13(5)27-18(17)20-15(24)9-21-10(2)7-14(23)8-11(21)3/h7-8H,6,9H2,1-5H3,(H,20,24). The number of furan rings is 1. The zero-order chi connectivity index (χ0) is 20.3. The van der Waals surface area contributed by atoms with E-state index in [1.165, 1.54) is 26.0 Å². The number of aryl methyl sites for hydroxylation is 3. The number of esters is 1. The van der Waals surface area contributed by atoms with Gasteiger partial charge >= 0.3 is 5.97 Å². The fourth-order valence-electron chi connectivity index (χ4n) is 2.90. The summed E-state index contributed by atoms with van der Waals surface area (Å²) in [5.41, 5.74) is 1.10. The molecule has 0 atom stereocenters. The third kappa shape index (κ3) is 4.33. The molecule has 0 saturated carbocycles. The first-order chi connectivity index (χ1) is 12.6. The van der Waals surface area contributed by atoms with Crippen molar-refractivity contribution in [2.45, 2.75) is 41.2 Å². The van der Waals surface area contributed by atoms with E-state index in [0.29, 0.717) is 11.4 Å². The zero-order valence-electron chi connectivity index (χ0n) is 16.0. The van der Waals surface area contributed by atoms with Crippen LogP contribution in [0.1, 0.15) is 51.7 Å². The minimum Gasteiger partial charge on any atom is -0.462 e. The topological polar surface area (TPSA) is 108 Å². The molecule has 2 aromatic heterocycles. The third-order valence-electron chi connectivity index (χ3n) is 4.02. The number of amides is 1. The molecule has 27 heavy (non-hydrogen) atoms. The van der Waals surface area contributed by atoms with E-state index in [1.807, 2.05) is 0 Å². The first-order valence-electron chi connectivity index (χ1n) is 8.45. The first-order valence-corrected chi connectivity index (χ1v) is 8.45. The average Bonchev–Trinajstić information content (AvgIpc) is 2.87. The molecule has 0 radical (unpaired) electrons. The van der Waals surface area contributed by atoms with E-state index in [0.717, 1.165) is 0 Å². The van der Waals surface area contributed by atoms with Crippen molar-refractivity contribution in [1.29, 1.82) is 0 Å². The molecule has 0 spiro atoms. The second kappa shape index (κ2) is 8.03. The van der Waals surface area contributed by atoms with Crippen LogP contribution in [0.25, 0.3) is 0 Å². The normalized spacial score (nSPS) is 10.6. The third-order valence-corrected chi connectivity index (χ3v) is 4.02. The maximum Gasteiger partial charge on any atom is 0.344 e. The molecule has 2 rings (SSSR count). The summed E-state index contributed by atoms with van der Waals surface area (Å²) in [6, 6.07) is 2.85. The summed E-state index contributed by atoms with van der Waals surface area (Å²) in [6.07, 6.45) is 0. The van der Waals surface area contributed by atoms with E-state index >= 15 is 0 Å². The van der Waals surface area contributed by atoms with Gasteiger partial charge in [-0.1, -0.05) is 0 Å². The average molecular weight is 374 g/mol. The maximum atomic E-state index is 12.5. The number of carbonyl (C=O) groups is 3. The van der Waals surface area contributed by atoms with Crippen LogP contribution < -0.4 is 10.7 Å². The monoisotopic (exact) mass is 374 g/mol. The highest BCUT2D eigenvalue weighted by Gasteiger charge is 2.28. The van der Waals surface area contributed by atoms with Gasteiger partial charge < -0.3 is 13.7 Å². The van der Waals surface area contributed by atoms with Crippen LogP contribution in [0.3, 0.4) is 0 Å². The van der Waals surface area contributed by atoms with Gasteiger partial charge in [0, 0.05) is 23.5 Å². The molecule has 2 heterocycles. The molecule has 0 saturated heterocycles. The molecule has 0 aliphatic rings. The molecule has 1 N–H and O–H groups in total. The number of rotatable bonds is 6. The molecule has 8 heteroatoms. The minimum atomic E-state index is -0.745. The number of hydrogen-bond donors (Lipinski definition) is 1. The fourth-order valence-corrected chi connectivity index (χ4v) is 2.90. The van der Waals surface area contributed by atoms with Gasteiger partial charge in [-0.2, -0.15) is 0 Å². The lowest BCUT2D eigenvalue weighted by atomic mass is 10.1. The van der Waals surface area contributed by atoms with Crippen LogP contribution in [0.5, 0.6) is 0 Å². The Balaban J connectivity index is 2.36. The van der Waals surface area contributed by atoms with Gasteiger partial charge in [0.25, 0.3) is 0 Å². The maximum absolute atomic E-state index is 12.5. The van der Waals surface area contributed by atoms with Gasteiger partial charge in [0.05, 0.1) is 12.2 Å². The Hall–Kier alpha value is -3.16. The first kappa shape index (κ1) is 20.2. The number of pyridine rings is 1. The number of ether oxygens (including phenoxy) is 1. The van der Waals surface area contributed by atoms with Crippen molar-refractivity contribution in [3.63, 3.8) is 0 Å². The van der Waals surface area contributed by atoms with Crippen LogP contribution in [0, 0.1) is 20.8 Å². The van der Waals surface area contributed by atoms with Crippen molar-refractivity contribution in [2.24, 2.45) is 0 Å². The van der Waals surface area contributed by atoms with Crippen LogP contribution in [0.2, 0.25) is 0 Å². The van der Waals surface area contributed by atoms with Crippen LogP contribution in [-0.2, 0) is 16.1 Å². The summed E-state index contributed by atoms with van der Waals surface area (Å²) in [5, 5.41) is 2.53. The van der Waals surface area contributed by atoms with Gasteiger partial charge in [-0.15, -0.1) is 0 Å². The summed E-state index contributed by atoms with van der Waals surface area (Å²) < 4.78 is 12.1. The molecule has 0 aromatic carbocycles. The van der Waals surface area contributed by atoms with E-state index in [9.17, 15) is 19.2 Å². The minimum absolute atomic E-state index is 0.0828. The predicted molar refractivity (Wildman–Crippen MR) is 98.2 cm³/mol. The second-order valence-electron chi connectivity index (χ2n) is 6.12. The van der Waals surface area contributed by atoms with Gasteiger partial charge in [-0.3, -0.25) is 19.7 Å². The number of carbonyl (C=O) groups excluding carboxylic acids is 3. The Kier molecular flexibility index (Phi) is 5.99. The van der Waals surface area contributed by atoms with E-state index in [-0.39, 0.29) is 47.1 Å². The molecule has 0 bridgehead atoms. The molecule has 144 valence electrons. The van der Waals surface area contributed by atoms with Crippen LogP contribution in [0.15, 0.2) is 21.3 Å². The Morgan fingerprint density at radius 3 is 2.22 bits per heavy atom. The van der Waals surface area contributed by atoms with Crippen molar-refractivity contribution < 1.29 is 23.5 Å². The molecule has 2 aromatic rings. The smallest absolute Gasteiger partial charge is 0.344 e. The van der Waals surface area contributed by atoms with Crippen molar-refractivity contribution >= 4 is 23.5 Å². The van der Waals surface area contributed by atoms with Crippen molar-refractivity contribution in [3.05, 3.63) is 50.6 Å². The summed E-state index contributed by atoms with van der Waals surface area (Å²) in [4.78, 5) is 48.2. The van der Waals surface area contributed by atoms with E-state index in [4.69, 9.17) is 9.15 Å². The van der Waals surface area contributed by atoms with Crippen LogP contribution in [-0.4, -0.2) is 28.8 Å². The SMILES string of the molecule is CCOC(=O)c1c(NC(=O)Cn2c(C)cc(=O)cc2C)oc(C)c1C(C)=O. The molecular formula is C19H22N2O6. The predicted octanol–water partition coefficient (Wildman–Crippen LogP) is 2.38. The number of nitrogens with zero attached hydrogens (tertiary/aromatic N) is 1. The lowest BCUT2D eigenvalue weighted by Crippen LogP contribution is -2.24. The number of aromatic nitrogens is 1. The van der Waals surface area contributed by atoms with Crippen molar-refractivity contribution in [1.82, 2.24) is 4.57 Å². The second-order valence-corrected chi connectivity index (χ2v) is 6.12. The lowest BCUT2D eigenvalue weighted by molar-refractivity contribution is -0.116. The summed E-state index contributed by atoms with van der Waals surface area (Å²) in [5.74, 6) is -1.49. The van der Waals surface area contributed by atoms with E-state index in [2.05, 4.69) is 5.32 Å². The van der Waals surface area contributed by atoms with Crippen LogP contribution >= 0.6 is 0 Å². The Morgan fingerprint density at radius 2 is 1.70 bits per heavy atom. The quantitative estimate of drug-likeness (QED) is 0.614. The fraction of sp³-hybridized carbons (Fsp3) is 0.368.